The van der Waals surface area contributed by atoms with Gasteiger partial charge in [0.15, 0.2) is 5.82 Å². The lowest BCUT2D eigenvalue weighted by molar-refractivity contribution is 0.102. The maximum absolute atomic E-state index is 12.1. The second-order valence-corrected chi connectivity index (χ2v) is 4.58. The van der Waals surface area contributed by atoms with Crippen LogP contribution in [0.4, 0.5) is 5.82 Å². The third-order valence-electron chi connectivity index (χ3n) is 2.49. The van der Waals surface area contributed by atoms with E-state index in [4.69, 9.17) is 16.1 Å². The molecular formula is C13H14ClN3O2. The van der Waals surface area contributed by atoms with E-state index in [1.54, 1.807) is 19.1 Å². The van der Waals surface area contributed by atoms with Gasteiger partial charge in [0.25, 0.3) is 5.91 Å². The first kappa shape index (κ1) is 13.5. The molecule has 0 saturated heterocycles. The summed E-state index contributed by atoms with van der Waals surface area (Å²) in [5.74, 6) is 0.733. The van der Waals surface area contributed by atoms with Gasteiger partial charge in [-0.1, -0.05) is 30.1 Å². The number of pyridine rings is 1. The van der Waals surface area contributed by atoms with Crippen LogP contribution in [0.1, 0.15) is 35.2 Å². The van der Waals surface area contributed by atoms with Crippen LogP contribution >= 0.6 is 11.6 Å². The third-order valence-corrected chi connectivity index (χ3v) is 2.68. The Bertz CT molecular complexity index is 595. The minimum Gasteiger partial charge on any atom is -0.360 e. The number of aryl methyl sites for hydroxylation is 2. The predicted octanol–water partition coefficient (Wildman–Crippen LogP) is 3.24. The first-order valence-corrected chi connectivity index (χ1v) is 6.37. The fourth-order valence-electron chi connectivity index (χ4n) is 1.68. The molecule has 2 aromatic heterocycles. The lowest BCUT2D eigenvalue weighted by Crippen LogP contribution is -2.13. The third kappa shape index (κ3) is 3.54. The molecular weight excluding hydrogens is 266 g/mol. The number of amides is 1. The molecule has 5 nitrogen and oxygen atoms in total. The second kappa shape index (κ2) is 5.84. The lowest BCUT2D eigenvalue weighted by Gasteiger charge is -2.05. The summed E-state index contributed by atoms with van der Waals surface area (Å²) in [6, 6.07) is 4.91. The number of halogens is 1. The first-order chi connectivity index (χ1) is 9.08. The zero-order valence-electron chi connectivity index (χ0n) is 10.7. The van der Waals surface area contributed by atoms with Crippen LogP contribution in [-0.4, -0.2) is 16.0 Å². The monoisotopic (exact) mass is 279 g/mol. The number of anilines is 1. The molecule has 1 amide bonds. The van der Waals surface area contributed by atoms with Gasteiger partial charge in [-0.2, -0.15) is 0 Å². The van der Waals surface area contributed by atoms with Gasteiger partial charge < -0.3 is 9.84 Å². The number of nitrogens with one attached hydrogen (secondary N) is 1. The number of carbonyl (C=O) groups is 1. The Kier molecular flexibility index (Phi) is 4.16. The fourth-order valence-corrected chi connectivity index (χ4v) is 1.91. The van der Waals surface area contributed by atoms with Crippen LogP contribution in [0.15, 0.2) is 22.7 Å². The van der Waals surface area contributed by atoms with Gasteiger partial charge in [-0.25, -0.2) is 4.98 Å². The lowest BCUT2D eigenvalue weighted by atomic mass is 10.1. The molecule has 0 bridgehead atoms. The Morgan fingerprint density at radius 2 is 2.21 bits per heavy atom. The largest absolute Gasteiger partial charge is 0.360 e. The molecule has 0 aromatic carbocycles. The van der Waals surface area contributed by atoms with Crippen LogP contribution in [0.25, 0.3) is 0 Å². The Morgan fingerprint density at radius 1 is 1.42 bits per heavy atom. The minimum atomic E-state index is -0.282. The highest BCUT2D eigenvalue weighted by Gasteiger charge is 2.11. The van der Waals surface area contributed by atoms with Crippen molar-refractivity contribution in [2.45, 2.75) is 26.7 Å². The predicted molar refractivity (Wildman–Crippen MR) is 72.4 cm³/mol. The molecule has 0 unspecified atom stereocenters. The minimum absolute atomic E-state index is 0.282. The molecule has 0 atom stereocenters. The van der Waals surface area contributed by atoms with E-state index in [0.717, 1.165) is 18.5 Å². The summed E-state index contributed by atoms with van der Waals surface area (Å²) in [5.41, 5.74) is 1.26. The average molecular weight is 280 g/mol. The van der Waals surface area contributed by atoms with E-state index in [1.165, 1.54) is 6.07 Å². The Morgan fingerprint density at radius 3 is 2.84 bits per heavy atom. The van der Waals surface area contributed by atoms with E-state index in [0.29, 0.717) is 22.3 Å². The van der Waals surface area contributed by atoms with Crippen LogP contribution < -0.4 is 5.32 Å². The summed E-state index contributed by atoms with van der Waals surface area (Å²) >= 11 is 5.91. The number of hydrogen-bond donors (Lipinski definition) is 1. The molecule has 2 aromatic rings. The Balaban J connectivity index is 2.18. The van der Waals surface area contributed by atoms with E-state index in [1.807, 2.05) is 6.92 Å². The number of nitrogens with zero attached hydrogens (tertiary/aromatic N) is 2. The van der Waals surface area contributed by atoms with Crippen molar-refractivity contribution in [3.8, 4) is 0 Å². The summed E-state index contributed by atoms with van der Waals surface area (Å²) in [4.78, 5) is 16.2. The summed E-state index contributed by atoms with van der Waals surface area (Å²) in [6.45, 7) is 3.80. The maximum Gasteiger partial charge on any atom is 0.257 e. The fraction of sp³-hybridized carbons (Fsp3) is 0.308. The van der Waals surface area contributed by atoms with Crippen molar-refractivity contribution >= 4 is 23.3 Å². The molecule has 0 aliphatic rings. The molecule has 100 valence electrons. The van der Waals surface area contributed by atoms with Crippen molar-refractivity contribution in [3.05, 3.63) is 40.4 Å². The Labute approximate surface area is 116 Å². The van der Waals surface area contributed by atoms with Gasteiger partial charge in [-0.05, 0) is 25.5 Å². The molecule has 0 radical (unpaired) electrons. The number of rotatable bonds is 4. The summed E-state index contributed by atoms with van der Waals surface area (Å²) in [6.07, 6.45) is 1.72. The van der Waals surface area contributed by atoms with Gasteiger partial charge >= 0.3 is 0 Å². The molecule has 2 rings (SSSR count). The van der Waals surface area contributed by atoms with E-state index in [-0.39, 0.29) is 5.91 Å². The second-order valence-electron chi connectivity index (χ2n) is 4.20. The standard InChI is InChI=1S/C13H14ClN3O2/c1-3-4-10-6-9(7-11(14)15-10)13(18)16-12-5-8(2)19-17-12/h5-7H,3-4H2,1-2H3,(H,16,17,18). The molecule has 0 fully saturated rings. The Hall–Kier alpha value is -1.88. The van der Waals surface area contributed by atoms with Gasteiger partial charge in [0.2, 0.25) is 0 Å². The molecule has 2 heterocycles. The number of hydrogen-bond acceptors (Lipinski definition) is 4. The van der Waals surface area contributed by atoms with Crippen LogP contribution in [0.5, 0.6) is 0 Å². The smallest absolute Gasteiger partial charge is 0.257 e. The normalized spacial score (nSPS) is 10.5. The van der Waals surface area contributed by atoms with E-state index < -0.39 is 0 Å². The van der Waals surface area contributed by atoms with Crippen molar-refractivity contribution in [1.29, 1.82) is 0 Å². The molecule has 6 heteroatoms. The van der Waals surface area contributed by atoms with Crippen LogP contribution in [-0.2, 0) is 6.42 Å². The van der Waals surface area contributed by atoms with Gasteiger partial charge in [-0.3, -0.25) is 4.79 Å². The highest BCUT2D eigenvalue weighted by Crippen LogP contribution is 2.15. The molecule has 1 N–H and O–H groups in total. The maximum atomic E-state index is 12.1. The van der Waals surface area contributed by atoms with Crippen molar-refractivity contribution in [1.82, 2.24) is 10.1 Å². The van der Waals surface area contributed by atoms with E-state index in [2.05, 4.69) is 15.5 Å². The van der Waals surface area contributed by atoms with E-state index in [9.17, 15) is 4.79 Å². The van der Waals surface area contributed by atoms with Crippen molar-refractivity contribution in [2.75, 3.05) is 5.32 Å². The van der Waals surface area contributed by atoms with Crippen LogP contribution in [0.3, 0.4) is 0 Å². The SMILES string of the molecule is CCCc1cc(C(=O)Nc2cc(C)on2)cc(Cl)n1. The van der Waals surface area contributed by atoms with Gasteiger partial charge in [-0.15, -0.1) is 0 Å². The topological polar surface area (TPSA) is 68.0 Å². The quantitative estimate of drug-likeness (QED) is 0.873. The molecule has 0 saturated carbocycles. The molecule has 0 aliphatic heterocycles. The van der Waals surface area contributed by atoms with Crippen molar-refractivity contribution in [3.63, 3.8) is 0 Å². The van der Waals surface area contributed by atoms with Gasteiger partial charge in [0.05, 0.1) is 0 Å². The number of carbonyl (C=O) groups excluding carboxylic acids is 1. The zero-order valence-corrected chi connectivity index (χ0v) is 11.5. The summed E-state index contributed by atoms with van der Waals surface area (Å²) in [7, 11) is 0. The highest BCUT2D eigenvalue weighted by molar-refractivity contribution is 6.29. The average Bonchev–Trinajstić information content (AvgIpc) is 2.74. The highest BCUT2D eigenvalue weighted by atomic mass is 35.5. The first-order valence-electron chi connectivity index (χ1n) is 5.99. The van der Waals surface area contributed by atoms with Crippen molar-refractivity contribution in [2.24, 2.45) is 0 Å². The van der Waals surface area contributed by atoms with Gasteiger partial charge in [0.1, 0.15) is 10.9 Å². The van der Waals surface area contributed by atoms with Crippen molar-refractivity contribution < 1.29 is 9.32 Å². The summed E-state index contributed by atoms with van der Waals surface area (Å²) in [5, 5.41) is 6.66. The molecule has 0 spiro atoms. The van der Waals surface area contributed by atoms with Gasteiger partial charge in [0, 0.05) is 17.3 Å². The molecule has 0 aliphatic carbocycles. The number of aromatic nitrogens is 2. The zero-order chi connectivity index (χ0) is 13.8. The van der Waals surface area contributed by atoms with Crippen LogP contribution in [0, 0.1) is 6.92 Å². The molecule has 19 heavy (non-hydrogen) atoms. The van der Waals surface area contributed by atoms with E-state index >= 15 is 0 Å². The van der Waals surface area contributed by atoms with Crippen LogP contribution in [0.2, 0.25) is 5.15 Å². The summed E-state index contributed by atoms with van der Waals surface area (Å²) < 4.78 is 4.88.